The van der Waals surface area contributed by atoms with E-state index in [1.54, 1.807) is 46.1 Å². The number of hydrogen-bond donors (Lipinski definition) is 0. The van der Waals surface area contributed by atoms with Gasteiger partial charge in [-0.3, -0.25) is 4.57 Å². The Kier molecular flexibility index (Phi) is 5.91. The lowest BCUT2D eigenvalue weighted by molar-refractivity contribution is 0.0427. The molecule has 10 heteroatoms. The lowest BCUT2D eigenvalue weighted by atomic mass is 10.2. The first-order valence-electron chi connectivity index (χ1n) is 9.58. The third-order valence-corrected chi connectivity index (χ3v) is 3.99. The Hall–Kier alpha value is -3.20. The van der Waals surface area contributed by atoms with Gasteiger partial charge in [0, 0.05) is 5.69 Å². The fourth-order valence-corrected chi connectivity index (χ4v) is 2.79. The van der Waals surface area contributed by atoms with Crippen molar-refractivity contribution in [1.82, 2.24) is 19.5 Å². The summed E-state index contributed by atoms with van der Waals surface area (Å²) in [7, 11) is 0. The Balaban J connectivity index is 2.14. The summed E-state index contributed by atoms with van der Waals surface area (Å²) in [5.74, 6) is -0.279. The SMILES string of the molecule is CC(C)(C)OC(=O)N(C(=O)OC(C)(C)C)c1nc(Cl)c2ncn(-c3ccccc3)c2n1. The van der Waals surface area contributed by atoms with Crippen molar-refractivity contribution in [2.24, 2.45) is 0 Å². The summed E-state index contributed by atoms with van der Waals surface area (Å²) in [6, 6.07) is 9.31. The zero-order valence-electron chi connectivity index (χ0n) is 18.2. The fourth-order valence-electron chi connectivity index (χ4n) is 2.59. The zero-order valence-corrected chi connectivity index (χ0v) is 19.0. The van der Waals surface area contributed by atoms with E-state index < -0.39 is 23.4 Å². The first-order chi connectivity index (χ1) is 14.4. The van der Waals surface area contributed by atoms with Crippen molar-refractivity contribution in [3.63, 3.8) is 0 Å². The molecule has 0 spiro atoms. The van der Waals surface area contributed by atoms with Gasteiger partial charge in [-0.05, 0) is 53.7 Å². The van der Waals surface area contributed by atoms with Gasteiger partial charge in [0.05, 0.1) is 0 Å². The summed E-state index contributed by atoms with van der Waals surface area (Å²) in [5, 5.41) is -0.0215. The van der Waals surface area contributed by atoms with Crippen LogP contribution in [0.4, 0.5) is 15.5 Å². The minimum atomic E-state index is -0.983. The lowest BCUT2D eigenvalue weighted by Gasteiger charge is -2.27. The molecule has 1 aromatic carbocycles. The van der Waals surface area contributed by atoms with Crippen molar-refractivity contribution < 1.29 is 19.1 Å². The van der Waals surface area contributed by atoms with Gasteiger partial charge in [0.1, 0.15) is 23.0 Å². The number of aromatic nitrogens is 4. The van der Waals surface area contributed by atoms with E-state index in [0.717, 1.165) is 5.69 Å². The van der Waals surface area contributed by atoms with Crippen LogP contribution in [0.1, 0.15) is 41.5 Å². The maximum atomic E-state index is 12.9. The molecule has 0 aliphatic rings. The van der Waals surface area contributed by atoms with E-state index in [0.29, 0.717) is 16.1 Å². The first kappa shape index (κ1) is 22.5. The number of halogens is 1. The number of rotatable bonds is 2. The average Bonchev–Trinajstić information content (AvgIpc) is 3.04. The van der Waals surface area contributed by atoms with E-state index in [2.05, 4.69) is 15.0 Å². The van der Waals surface area contributed by atoms with Crippen LogP contribution >= 0.6 is 11.6 Å². The van der Waals surface area contributed by atoms with E-state index in [9.17, 15) is 9.59 Å². The molecule has 2 aromatic heterocycles. The van der Waals surface area contributed by atoms with Crippen LogP contribution in [0.2, 0.25) is 5.15 Å². The normalized spacial score (nSPS) is 12.0. The van der Waals surface area contributed by atoms with Crippen LogP contribution in [-0.2, 0) is 9.47 Å². The molecule has 0 unspecified atom stereocenters. The second-order valence-electron chi connectivity index (χ2n) is 8.73. The Morgan fingerprint density at radius 1 is 0.935 bits per heavy atom. The highest BCUT2D eigenvalue weighted by Crippen LogP contribution is 2.26. The van der Waals surface area contributed by atoms with Gasteiger partial charge in [0.25, 0.3) is 0 Å². The maximum absolute atomic E-state index is 12.9. The van der Waals surface area contributed by atoms with E-state index >= 15 is 0 Å². The Bertz CT molecular complexity index is 1090. The molecule has 0 fully saturated rings. The molecule has 0 N–H and O–H groups in total. The second kappa shape index (κ2) is 8.14. The summed E-state index contributed by atoms with van der Waals surface area (Å²) in [4.78, 5) is 39.2. The molecule has 31 heavy (non-hydrogen) atoms. The number of ether oxygens (including phenoxy) is 2. The summed E-state index contributed by atoms with van der Waals surface area (Å²) in [6.45, 7) is 10.1. The van der Waals surface area contributed by atoms with Gasteiger partial charge in [-0.1, -0.05) is 29.8 Å². The predicted octanol–water partition coefficient (Wildman–Crippen LogP) is 5.15. The van der Waals surface area contributed by atoms with Crippen LogP contribution in [0.3, 0.4) is 0 Å². The molecular formula is C21H24ClN5O4. The molecule has 0 bridgehead atoms. The Morgan fingerprint density at radius 3 is 2.00 bits per heavy atom. The van der Waals surface area contributed by atoms with Gasteiger partial charge >= 0.3 is 12.2 Å². The predicted molar refractivity (Wildman–Crippen MR) is 117 cm³/mol. The van der Waals surface area contributed by atoms with E-state index in [1.165, 1.54) is 6.33 Å². The first-order valence-corrected chi connectivity index (χ1v) is 9.95. The van der Waals surface area contributed by atoms with E-state index in [-0.39, 0.29) is 11.1 Å². The van der Waals surface area contributed by atoms with Crippen LogP contribution in [0.25, 0.3) is 16.9 Å². The molecule has 2 amide bonds. The molecule has 0 aliphatic heterocycles. The van der Waals surface area contributed by atoms with Crippen molar-refractivity contribution in [2.75, 3.05) is 4.90 Å². The minimum Gasteiger partial charge on any atom is -0.443 e. The standard InChI is InChI=1S/C21H24ClN5O4/c1-20(2,3)30-18(28)27(19(29)31-21(4,5)6)17-24-15(22)14-16(25-17)26(12-23-14)13-10-8-7-9-11-13/h7-12H,1-6H3. The number of nitrogens with zero attached hydrogens (tertiary/aromatic N) is 5. The van der Waals surface area contributed by atoms with Crippen molar-refractivity contribution in [3.8, 4) is 5.69 Å². The van der Waals surface area contributed by atoms with E-state index in [1.807, 2.05) is 30.3 Å². The highest BCUT2D eigenvalue weighted by atomic mass is 35.5. The van der Waals surface area contributed by atoms with Crippen LogP contribution in [0, 0.1) is 0 Å². The molecule has 0 aliphatic carbocycles. The largest absolute Gasteiger partial charge is 0.443 e. The quantitative estimate of drug-likeness (QED) is 0.503. The fraction of sp³-hybridized carbons (Fsp3) is 0.381. The minimum absolute atomic E-state index is 0.0215. The van der Waals surface area contributed by atoms with Crippen molar-refractivity contribution in [2.45, 2.75) is 52.7 Å². The summed E-state index contributed by atoms with van der Waals surface area (Å²) >= 11 is 6.32. The van der Waals surface area contributed by atoms with Gasteiger partial charge in [0.2, 0.25) is 5.95 Å². The van der Waals surface area contributed by atoms with Crippen molar-refractivity contribution in [3.05, 3.63) is 41.8 Å². The number of anilines is 1. The maximum Gasteiger partial charge on any atom is 0.427 e. The van der Waals surface area contributed by atoms with Gasteiger partial charge in [-0.15, -0.1) is 4.90 Å². The zero-order chi connectivity index (χ0) is 23.0. The topological polar surface area (TPSA) is 99.4 Å². The molecule has 0 radical (unpaired) electrons. The Labute approximate surface area is 185 Å². The van der Waals surface area contributed by atoms with Crippen molar-refractivity contribution in [1.29, 1.82) is 0 Å². The van der Waals surface area contributed by atoms with Gasteiger partial charge in [0.15, 0.2) is 10.8 Å². The lowest BCUT2D eigenvalue weighted by Crippen LogP contribution is -2.44. The summed E-state index contributed by atoms with van der Waals surface area (Å²) in [6.07, 6.45) is -0.429. The molecule has 2 heterocycles. The van der Waals surface area contributed by atoms with Gasteiger partial charge < -0.3 is 9.47 Å². The second-order valence-corrected chi connectivity index (χ2v) is 9.09. The highest BCUT2D eigenvalue weighted by molar-refractivity contribution is 6.33. The molecule has 164 valence electrons. The monoisotopic (exact) mass is 445 g/mol. The van der Waals surface area contributed by atoms with Gasteiger partial charge in [-0.25, -0.2) is 14.6 Å². The molecule has 0 saturated heterocycles. The van der Waals surface area contributed by atoms with E-state index in [4.69, 9.17) is 21.1 Å². The molecule has 3 rings (SSSR count). The molecule has 0 saturated carbocycles. The molecule has 9 nitrogen and oxygen atoms in total. The molecule has 0 atom stereocenters. The smallest absolute Gasteiger partial charge is 0.427 e. The third-order valence-electron chi connectivity index (χ3n) is 3.73. The van der Waals surface area contributed by atoms with Crippen LogP contribution in [0.15, 0.2) is 36.7 Å². The number of fused-ring (bicyclic) bond motifs is 1. The number of hydrogen-bond acceptors (Lipinski definition) is 7. The van der Waals surface area contributed by atoms with Crippen molar-refractivity contribution >= 4 is 40.9 Å². The Morgan fingerprint density at radius 2 is 1.48 bits per heavy atom. The summed E-state index contributed by atoms with van der Waals surface area (Å²) < 4.78 is 12.4. The van der Waals surface area contributed by atoms with Gasteiger partial charge in [-0.2, -0.15) is 9.97 Å². The van der Waals surface area contributed by atoms with Crippen LogP contribution < -0.4 is 4.90 Å². The number of benzene rings is 1. The third kappa shape index (κ3) is 5.29. The average molecular weight is 446 g/mol. The number of carbonyl (C=O) groups is 2. The number of imidazole rings is 1. The molecule has 3 aromatic rings. The van der Waals surface area contributed by atoms with Crippen LogP contribution in [-0.4, -0.2) is 42.9 Å². The highest BCUT2D eigenvalue weighted by Gasteiger charge is 2.35. The summed E-state index contributed by atoms with van der Waals surface area (Å²) in [5.41, 5.74) is -0.318. The number of amides is 2. The number of imide groups is 1. The number of carbonyl (C=O) groups excluding carboxylic acids is 2. The van der Waals surface area contributed by atoms with Crippen LogP contribution in [0.5, 0.6) is 0 Å². The number of para-hydroxylation sites is 1. The molecular weight excluding hydrogens is 422 g/mol.